The van der Waals surface area contributed by atoms with Gasteiger partial charge in [0.2, 0.25) is 5.95 Å². The minimum Gasteiger partial charge on any atom is -0.313 e. The van der Waals surface area contributed by atoms with Gasteiger partial charge < -0.3 is 9.88 Å². The fourth-order valence-corrected chi connectivity index (χ4v) is 2.61. The van der Waals surface area contributed by atoms with Crippen LogP contribution < -0.4 is 10.6 Å². The lowest BCUT2D eigenvalue weighted by Crippen LogP contribution is -2.22. The van der Waals surface area contributed by atoms with E-state index in [0.29, 0.717) is 5.95 Å². The molecule has 0 radical (unpaired) electrons. The first kappa shape index (κ1) is 15.8. The molecule has 5 nitrogen and oxygen atoms in total. The van der Waals surface area contributed by atoms with Crippen LogP contribution in [0, 0.1) is 0 Å². The zero-order chi connectivity index (χ0) is 16.9. The average molecular weight is 320 g/mol. The van der Waals surface area contributed by atoms with Crippen molar-refractivity contribution in [1.29, 1.82) is 0 Å². The van der Waals surface area contributed by atoms with Crippen LogP contribution in [0.1, 0.15) is 12.5 Å². The fourth-order valence-electron chi connectivity index (χ4n) is 2.61. The van der Waals surface area contributed by atoms with E-state index in [-0.39, 0.29) is 6.03 Å². The molecule has 2 N–H and O–H groups in total. The van der Waals surface area contributed by atoms with Gasteiger partial charge in [0, 0.05) is 12.7 Å². The van der Waals surface area contributed by atoms with E-state index in [1.807, 2.05) is 66.2 Å². The molecule has 0 bridgehead atoms. The number of nitrogens with one attached hydrogen (secondary N) is 2. The normalized spacial score (nSPS) is 10.4. The first-order chi connectivity index (χ1) is 11.7. The van der Waals surface area contributed by atoms with Gasteiger partial charge >= 0.3 is 6.03 Å². The van der Waals surface area contributed by atoms with Crippen molar-refractivity contribution >= 4 is 17.7 Å². The summed E-state index contributed by atoms with van der Waals surface area (Å²) in [7, 11) is 1.88. The Morgan fingerprint density at radius 1 is 1.04 bits per heavy atom. The smallest absolute Gasteiger partial charge is 0.313 e. The first-order valence-corrected chi connectivity index (χ1v) is 7.92. The van der Waals surface area contributed by atoms with Gasteiger partial charge in [-0.15, -0.1) is 0 Å². The molecule has 5 heteroatoms. The number of carbonyl (C=O) groups excluding carboxylic acids is 1. The number of aromatic nitrogens is 2. The second-order valence-corrected chi connectivity index (χ2v) is 5.48. The van der Waals surface area contributed by atoms with Gasteiger partial charge in [-0.05, 0) is 23.6 Å². The molecule has 0 spiro atoms. The fraction of sp³-hybridized carbons (Fsp3) is 0.158. The Kier molecular flexibility index (Phi) is 4.61. The Bertz CT molecular complexity index is 840. The molecule has 0 unspecified atom stereocenters. The van der Waals surface area contributed by atoms with E-state index < -0.39 is 0 Å². The lowest BCUT2D eigenvalue weighted by Gasteiger charge is -2.11. The van der Waals surface area contributed by atoms with E-state index >= 15 is 0 Å². The second kappa shape index (κ2) is 7.00. The number of amides is 2. The summed E-state index contributed by atoms with van der Waals surface area (Å²) in [4.78, 5) is 16.6. The molecule has 24 heavy (non-hydrogen) atoms. The third-order valence-corrected chi connectivity index (χ3v) is 3.93. The molecule has 3 rings (SSSR count). The molecule has 2 amide bonds. The second-order valence-electron chi connectivity index (χ2n) is 5.48. The van der Waals surface area contributed by atoms with Gasteiger partial charge in [0.1, 0.15) is 0 Å². The molecule has 0 saturated heterocycles. The predicted octanol–water partition coefficient (Wildman–Crippen LogP) is 4.29. The van der Waals surface area contributed by atoms with Gasteiger partial charge in [-0.2, -0.15) is 0 Å². The van der Waals surface area contributed by atoms with Crippen LogP contribution in [-0.2, 0) is 13.5 Å². The number of benzene rings is 2. The van der Waals surface area contributed by atoms with E-state index in [2.05, 4.69) is 22.5 Å². The highest BCUT2D eigenvalue weighted by Gasteiger charge is 2.12. The van der Waals surface area contributed by atoms with Crippen LogP contribution in [0.5, 0.6) is 0 Å². The highest BCUT2D eigenvalue weighted by molar-refractivity contribution is 5.99. The SMILES string of the molecule is CCc1ccccc1NC(=O)Nc1ncc(-c2ccccc2)n1C. The number of anilines is 2. The van der Waals surface area contributed by atoms with Crippen LogP contribution in [0.2, 0.25) is 0 Å². The van der Waals surface area contributed by atoms with Gasteiger partial charge in [0.05, 0.1) is 11.9 Å². The Hall–Kier alpha value is -3.08. The molecule has 1 aromatic heterocycles. The molecule has 0 aliphatic heterocycles. The van der Waals surface area contributed by atoms with Gasteiger partial charge in [-0.3, -0.25) is 5.32 Å². The Morgan fingerprint density at radius 3 is 2.50 bits per heavy atom. The standard InChI is InChI=1S/C19H20N4O/c1-3-14-9-7-8-12-16(14)21-19(24)22-18-20-13-17(23(18)2)15-10-5-4-6-11-15/h4-13H,3H2,1-2H3,(H2,20,21,22,24). The Labute approximate surface area is 141 Å². The molecule has 0 aliphatic rings. The summed E-state index contributed by atoms with van der Waals surface area (Å²) in [5.74, 6) is 0.500. The summed E-state index contributed by atoms with van der Waals surface area (Å²) < 4.78 is 1.86. The average Bonchev–Trinajstić information content (AvgIpc) is 2.97. The maximum absolute atomic E-state index is 12.3. The molecule has 0 aliphatic carbocycles. The maximum atomic E-state index is 12.3. The lowest BCUT2D eigenvalue weighted by atomic mass is 10.1. The number of hydrogen-bond donors (Lipinski definition) is 2. The van der Waals surface area contributed by atoms with Crippen LogP contribution in [0.25, 0.3) is 11.3 Å². The number of nitrogens with zero attached hydrogens (tertiary/aromatic N) is 2. The highest BCUT2D eigenvalue weighted by atomic mass is 16.2. The third-order valence-electron chi connectivity index (χ3n) is 3.93. The van der Waals surface area contributed by atoms with E-state index in [0.717, 1.165) is 28.9 Å². The van der Waals surface area contributed by atoms with E-state index in [1.165, 1.54) is 0 Å². The predicted molar refractivity (Wildman–Crippen MR) is 97.1 cm³/mol. The topological polar surface area (TPSA) is 59.0 Å². The van der Waals surface area contributed by atoms with Gasteiger partial charge in [0.25, 0.3) is 0 Å². The number of hydrogen-bond acceptors (Lipinski definition) is 2. The molecular weight excluding hydrogens is 300 g/mol. The highest BCUT2D eigenvalue weighted by Crippen LogP contribution is 2.22. The number of aryl methyl sites for hydroxylation is 1. The summed E-state index contributed by atoms with van der Waals surface area (Å²) >= 11 is 0. The maximum Gasteiger partial charge on any atom is 0.326 e. The van der Waals surface area contributed by atoms with Crippen molar-refractivity contribution in [2.45, 2.75) is 13.3 Å². The van der Waals surface area contributed by atoms with Crippen LogP contribution in [0.15, 0.2) is 60.8 Å². The Balaban J connectivity index is 1.75. The largest absolute Gasteiger partial charge is 0.326 e. The number of rotatable bonds is 4. The summed E-state index contributed by atoms with van der Waals surface area (Å²) in [5, 5.41) is 5.68. The first-order valence-electron chi connectivity index (χ1n) is 7.92. The van der Waals surface area contributed by atoms with E-state index in [4.69, 9.17) is 0 Å². The van der Waals surface area contributed by atoms with Crippen molar-refractivity contribution < 1.29 is 4.79 Å². The van der Waals surface area contributed by atoms with Crippen molar-refractivity contribution in [3.8, 4) is 11.3 Å². The molecule has 1 heterocycles. The molecule has 0 fully saturated rings. The summed E-state index contributed by atoms with van der Waals surface area (Å²) in [6.07, 6.45) is 2.61. The van der Waals surface area contributed by atoms with Crippen molar-refractivity contribution in [3.63, 3.8) is 0 Å². The minimum absolute atomic E-state index is 0.302. The van der Waals surface area contributed by atoms with E-state index in [9.17, 15) is 4.79 Å². The zero-order valence-corrected chi connectivity index (χ0v) is 13.8. The number of para-hydroxylation sites is 1. The molecular formula is C19H20N4O. The summed E-state index contributed by atoms with van der Waals surface area (Å²) in [5.41, 5.74) is 3.91. The van der Waals surface area contributed by atoms with E-state index in [1.54, 1.807) is 6.20 Å². The summed E-state index contributed by atoms with van der Waals surface area (Å²) in [6.45, 7) is 2.06. The zero-order valence-electron chi connectivity index (χ0n) is 13.8. The van der Waals surface area contributed by atoms with Crippen LogP contribution >= 0.6 is 0 Å². The molecule has 0 saturated carbocycles. The Morgan fingerprint density at radius 2 is 1.75 bits per heavy atom. The quantitative estimate of drug-likeness (QED) is 0.753. The van der Waals surface area contributed by atoms with Crippen LogP contribution in [0.4, 0.5) is 16.4 Å². The number of carbonyl (C=O) groups is 1. The van der Waals surface area contributed by atoms with Gasteiger partial charge in [-0.1, -0.05) is 55.5 Å². The van der Waals surface area contributed by atoms with Crippen LogP contribution in [0.3, 0.4) is 0 Å². The number of urea groups is 1. The van der Waals surface area contributed by atoms with Crippen molar-refractivity contribution in [2.75, 3.05) is 10.6 Å². The minimum atomic E-state index is -0.302. The van der Waals surface area contributed by atoms with Crippen molar-refractivity contribution in [1.82, 2.24) is 9.55 Å². The molecule has 0 atom stereocenters. The molecule has 122 valence electrons. The molecule has 2 aromatic carbocycles. The van der Waals surface area contributed by atoms with Crippen molar-refractivity contribution in [2.24, 2.45) is 7.05 Å². The van der Waals surface area contributed by atoms with Crippen LogP contribution in [-0.4, -0.2) is 15.6 Å². The van der Waals surface area contributed by atoms with Gasteiger partial charge in [-0.25, -0.2) is 9.78 Å². The summed E-state index contributed by atoms with van der Waals surface area (Å²) in [6, 6.07) is 17.4. The van der Waals surface area contributed by atoms with Gasteiger partial charge in [0.15, 0.2) is 0 Å². The lowest BCUT2D eigenvalue weighted by molar-refractivity contribution is 0.262. The third kappa shape index (κ3) is 3.30. The molecule has 3 aromatic rings. The monoisotopic (exact) mass is 320 g/mol. The number of imidazole rings is 1. The van der Waals surface area contributed by atoms with Crippen molar-refractivity contribution in [3.05, 3.63) is 66.4 Å².